The van der Waals surface area contributed by atoms with Gasteiger partial charge < -0.3 is 0 Å². The van der Waals surface area contributed by atoms with Crippen molar-refractivity contribution in [3.63, 3.8) is 0 Å². The van der Waals surface area contributed by atoms with Crippen molar-refractivity contribution in [3.05, 3.63) is 0 Å². The normalized spacial score (nSPS) is 7.50. The van der Waals surface area contributed by atoms with Crippen LogP contribution < -0.4 is 0 Å². The van der Waals surface area contributed by atoms with Crippen LogP contribution in [0, 0.1) is 0 Å². The van der Waals surface area contributed by atoms with Crippen LogP contribution in [0.25, 0.3) is 0 Å². The SMILES string of the molecule is BrCCBr.ClCCCl. The highest BCUT2D eigenvalue weighted by molar-refractivity contribution is 9.11. The lowest BCUT2D eigenvalue weighted by atomic mass is 11.0. The van der Waals surface area contributed by atoms with E-state index in [0.29, 0.717) is 11.8 Å². The lowest BCUT2D eigenvalue weighted by Gasteiger charge is -1.63. The van der Waals surface area contributed by atoms with Crippen LogP contribution in [0.1, 0.15) is 0 Å². The summed E-state index contributed by atoms with van der Waals surface area (Å²) in [6, 6.07) is 0. The van der Waals surface area contributed by atoms with Gasteiger partial charge in [0.1, 0.15) is 0 Å². The molecule has 0 spiro atoms. The van der Waals surface area contributed by atoms with E-state index >= 15 is 0 Å². The van der Waals surface area contributed by atoms with Gasteiger partial charge in [0.05, 0.1) is 0 Å². The van der Waals surface area contributed by atoms with E-state index in [1.54, 1.807) is 0 Å². The molecule has 0 aliphatic carbocycles. The third kappa shape index (κ3) is 25.7. The Balaban J connectivity index is 0. The molecule has 0 aliphatic rings. The van der Waals surface area contributed by atoms with E-state index in [-0.39, 0.29) is 0 Å². The molecule has 0 atom stereocenters. The van der Waals surface area contributed by atoms with Gasteiger partial charge in [-0.1, -0.05) is 31.9 Å². The quantitative estimate of drug-likeness (QED) is 0.684. The molecule has 0 aromatic rings. The Bertz CT molecular complexity index is 20.0. The third-order valence-corrected chi connectivity index (χ3v) is 2.57. The largest absolute Gasteiger partial charge is 0.125 e. The Hall–Kier alpha value is 1.54. The van der Waals surface area contributed by atoms with Crippen LogP contribution in [-0.2, 0) is 0 Å². The first-order valence-electron chi connectivity index (χ1n) is 2.07. The number of halogens is 4. The van der Waals surface area contributed by atoms with Crippen molar-refractivity contribution in [1.29, 1.82) is 0 Å². The van der Waals surface area contributed by atoms with Crippen molar-refractivity contribution in [3.8, 4) is 0 Å². The van der Waals surface area contributed by atoms with Gasteiger partial charge in [-0.2, -0.15) is 0 Å². The van der Waals surface area contributed by atoms with Gasteiger partial charge in [-0.3, -0.25) is 0 Å². The first-order chi connectivity index (χ1) is 3.83. The van der Waals surface area contributed by atoms with Crippen molar-refractivity contribution >= 4 is 55.1 Å². The average molecular weight is 287 g/mol. The third-order valence-electron chi connectivity index (χ3n) is 0.143. The Morgan fingerprint density at radius 2 is 1.12 bits per heavy atom. The van der Waals surface area contributed by atoms with E-state index in [1.807, 2.05) is 0 Å². The lowest BCUT2D eigenvalue weighted by molar-refractivity contribution is 1.52. The summed E-state index contributed by atoms with van der Waals surface area (Å²) < 4.78 is 0. The fraction of sp³-hybridized carbons (Fsp3) is 1.00. The van der Waals surface area contributed by atoms with Crippen LogP contribution >= 0.6 is 55.1 Å². The molecule has 0 amide bonds. The predicted molar refractivity (Wildman–Crippen MR) is 49.0 cm³/mol. The van der Waals surface area contributed by atoms with Crippen LogP contribution in [0.2, 0.25) is 0 Å². The van der Waals surface area contributed by atoms with E-state index in [0.717, 1.165) is 10.7 Å². The van der Waals surface area contributed by atoms with Crippen molar-refractivity contribution < 1.29 is 0 Å². The van der Waals surface area contributed by atoms with E-state index in [9.17, 15) is 0 Å². The van der Waals surface area contributed by atoms with Crippen LogP contribution in [-0.4, -0.2) is 22.4 Å². The van der Waals surface area contributed by atoms with Gasteiger partial charge in [-0.05, 0) is 0 Å². The van der Waals surface area contributed by atoms with Crippen LogP contribution in [0.5, 0.6) is 0 Å². The highest BCUT2D eigenvalue weighted by Crippen LogP contribution is 1.82. The number of hydrogen-bond donors (Lipinski definition) is 0. The van der Waals surface area contributed by atoms with Gasteiger partial charge in [0.25, 0.3) is 0 Å². The van der Waals surface area contributed by atoms with Gasteiger partial charge in [0, 0.05) is 22.4 Å². The maximum absolute atomic E-state index is 5.05. The van der Waals surface area contributed by atoms with Gasteiger partial charge in [-0.15, -0.1) is 23.2 Å². The molecule has 0 radical (unpaired) electrons. The summed E-state index contributed by atoms with van der Waals surface area (Å²) in [4.78, 5) is 0. The second kappa shape index (κ2) is 15.8. The lowest BCUT2D eigenvalue weighted by Crippen LogP contribution is -1.63. The fourth-order valence-corrected chi connectivity index (χ4v) is 0. The van der Waals surface area contributed by atoms with E-state index in [2.05, 4.69) is 31.9 Å². The smallest absolute Gasteiger partial charge is 0.0359 e. The minimum atomic E-state index is 0.557. The molecule has 0 rings (SSSR count). The van der Waals surface area contributed by atoms with Crippen molar-refractivity contribution in [2.45, 2.75) is 0 Å². The topological polar surface area (TPSA) is 0 Å². The minimum absolute atomic E-state index is 0.557. The number of alkyl halides is 4. The maximum Gasteiger partial charge on any atom is 0.0359 e. The summed E-state index contributed by atoms with van der Waals surface area (Å²) in [5.41, 5.74) is 0. The number of rotatable bonds is 2. The highest BCUT2D eigenvalue weighted by Gasteiger charge is 1.61. The molecule has 0 heterocycles. The van der Waals surface area contributed by atoms with E-state index < -0.39 is 0 Å². The monoisotopic (exact) mass is 284 g/mol. The van der Waals surface area contributed by atoms with Crippen LogP contribution in [0.15, 0.2) is 0 Å². The molecular weight excluding hydrogens is 279 g/mol. The summed E-state index contributed by atoms with van der Waals surface area (Å²) in [7, 11) is 0. The maximum atomic E-state index is 5.05. The molecule has 0 nitrogen and oxygen atoms in total. The summed E-state index contributed by atoms with van der Waals surface area (Å²) in [6.07, 6.45) is 0. The second-order valence-corrected chi connectivity index (χ2v) is 3.10. The molecule has 0 fully saturated rings. The molecule has 0 N–H and O–H groups in total. The zero-order valence-electron chi connectivity index (χ0n) is 4.34. The molecule has 0 bridgehead atoms. The van der Waals surface area contributed by atoms with Gasteiger partial charge in [0.2, 0.25) is 0 Å². The summed E-state index contributed by atoms with van der Waals surface area (Å²) in [6.45, 7) is 0. The van der Waals surface area contributed by atoms with Crippen LogP contribution in [0.3, 0.4) is 0 Å². The highest BCUT2D eigenvalue weighted by atomic mass is 79.9. The zero-order valence-corrected chi connectivity index (χ0v) is 9.02. The van der Waals surface area contributed by atoms with Crippen molar-refractivity contribution in [1.82, 2.24) is 0 Å². The first-order valence-corrected chi connectivity index (χ1v) is 5.38. The Kier molecular flexibility index (Phi) is 24.2. The molecule has 0 saturated heterocycles. The molecule has 8 heavy (non-hydrogen) atoms. The molecular formula is C4H8Br2Cl2. The first kappa shape index (κ1) is 12.2. The van der Waals surface area contributed by atoms with Crippen molar-refractivity contribution in [2.75, 3.05) is 22.4 Å². The van der Waals surface area contributed by atoms with Crippen LogP contribution in [0.4, 0.5) is 0 Å². The Morgan fingerprint density at radius 1 is 0.875 bits per heavy atom. The summed E-state index contributed by atoms with van der Waals surface area (Å²) in [5, 5.41) is 2.10. The minimum Gasteiger partial charge on any atom is -0.125 e. The van der Waals surface area contributed by atoms with Crippen molar-refractivity contribution in [2.24, 2.45) is 0 Å². The number of hydrogen-bond acceptors (Lipinski definition) is 0. The molecule has 0 unspecified atom stereocenters. The molecule has 4 heteroatoms. The Labute approximate surface area is 77.2 Å². The standard InChI is InChI=1S/C2H4Br2.C2H4Cl2/c2*3-1-2-4/h2*1-2H2. The second-order valence-electron chi connectivity index (χ2n) is 0.756. The van der Waals surface area contributed by atoms with Gasteiger partial charge in [-0.25, -0.2) is 0 Å². The van der Waals surface area contributed by atoms with E-state index in [1.165, 1.54) is 0 Å². The summed E-state index contributed by atoms with van der Waals surface area (Å²) >= 11 is 16.5. The molecule has 0 aromatic heterocycles. The average Bonchev–Trinajstić information content (AvgIpc) is 1.88. The summed E-state index contributed by atoms with van der Waals surface area (Å²) in [5.74, 6) is 1.11. The molecule has 0 saturated carbocycles. The predicted octanol–water partition coefficient (Wildman–Crippen LogP) is 3.24. The van der Waals surface area contributed by atoms with Gasteiger partial charge >= 0.3 is 0 Å². The fourth-order valence-electron chi connectivity index (χ4n) is 0. The molecule has 0 aliphatic heterocycles. The van der Waals surface area contributed by atoms with E-state index in [4.69, 9.17) is 23.2 Å². The molecule has 0 aromatic carbocycles. The van der Waals surface area contributed by atoms with Gasteiger partial charge in [0.15, 0.2) is 0 Å². The zero-order chi connectivity index (χ0) is 6.83. The molecule has 52 valence electrons. The Morgan fingerprint density at radius 3 is 1.12 bits per heavy atom.